The monoisotopic (exact) mass is 616 g/mol. The Balaban J connectivity index is 1.17. The van der Waals surface area contributed by atoms with Crippen LogP contribution in [-0.4, -0.2) is 36.3 Å². The van der Waals surface area contributed by atoms with E-state index >= 15 is 0 Å². The van der Waals surface area contributed by atoms with E-state index in [0.717, 1.165) is 35.0 Å². The molecule has 43 heavy (non-hydrogen) atoms. The summed E-state index contributed by atoms with van der Waals surface area (Å²) in [5, 5.41) is 7.09. The number of para-hydroxylation sites is 1. The van der Waals surface area contributed by atoms with Crippen LogP contribution in [0, 0.1) is 12.8 Å². The fourth-order valence-corrected chi connectivity index (χ4v) is 4.98. The average Bonchev–Trinajstić information content (AvgIpc) is 3.85. The van der Waals surface area contributed by atoms with Crippen LogP contribution in [0.3, 0.4) is 0 Å². The van der Waals surface area contributed by atoms with Gasteiger partial charge in [-0.05, 0) is 67.8 Å². The Hall–Kier alpha value is -4.40. The van der Waals surface area contributed by atoms with Crippen molar-refractivity contribution in [3.05, 3.63) is 99.7 Å². The number of halogens is 2. The summed E-state index contributed by atoms with van der Waals surface area (Å²) in [4.78, 5) is 43.2. The quantitative estimate of drug-likeness (QED) is 0.196. The molecule has 0 unspecified atom stereocenters. The van der Waals surface area contributed by atoms with Crippen molar-refractivity contribution >= 4 is 69.3 Å². The van der Waals surface area contributed by atoms with E-state index in [2.05, 4.69) is 15.6 Å². The Bertz CT molecular complexity index is 1720. The molecular formula is C33H30Cl2N4O4. The summed E-state index contributed by atoms with van der Waals surface area (Å²) in [6, 6.07) is 20.1. The molecule has 10 heteroatoms. The largest absolute Gasteiger partial charge is 0.487 e. The van der Waals surface area contributed by atoms with Crippen molar-refractivity contribution < 1.29 is 19.1 Å². The van der Waals surface area contributed by atoms with Crippen LogP contribution in [0.2, 0.25) is 10.0 Å². The highest BCUT2D eigenvalue weighted by atomic mass is 35.5. The molecule has 4 aromatic rings. The predicted molar refractivity (Wildman–Crippen MR) is 171 cm³/mol. The van der Waals surface area contributed by atoms with Crippen LogP contribution in [0.4, 0.5) is 11.4 Å². The second-order valence-electron chi connectivity index (χ2n) is 10.3. The molecule has 1 saturated carbocycles. The van der Waals surface area contributed by atoms with E-state index in [1.54, 1.807) is 49.5 Å². The van der Waals surface area contributed by atoms with Crippen molar-refractivity contribution in [2.45, 2.75) is 26.4 Å². The summed E-state index contributed by atoms with van der Waals surface area (Å²) < 4.78 is 6.08. The number of anilines is 2. The molecule has 5 rings (SSSR count). The number of rotatable bonds is 10. The van der Waals surface area contributed by atoms with Gasteiger partial charge in [-0.1, -0.05) is 53.5 Å². The Morgan fingerprint density at radius 2 is 1.79 bits per heavy atom. The van der Waals surface area contributed by atoms with Gasteiger partial charge in [0.2, 0.25) is 17.7 Å². The molecule has 3 amide bonds. The number of nitrogens with zero attached hydrogens (tertiary/aromatic N) is 2. The van der Waals surface area contributed by atoms with Crippen LogP contribution in [0.25, 0.3) is 17.0 Å². The third-order valence-corrected chi connectivity index (χ3v) is 7.84. The maximum Gasteiger partial charge on any atom is 0.246 e. The number of benzene rings is 3. The van der Waals surface area contributed by atoms with E-state index in [1.165, 1.54) is 11.0 Å². The number of likely N-dealkylation sites (N-methyl/N-ethyl adjacent to an activating group) is 1. The molecule has 1 heterocycles. The first-order valence-electron chi connectivity index (χ1n) is 13.8. The number of aromatic nitrogens is 1. The molecule has 0 aliphatic heterocycles. The van der Waals surface area contributed by atoms with Gasteiger partial charge in [0, 0.05) is 46.4 Å². The van der Waals surface area contributed by atoms with Gasteiger partial charge in [-0.3, -0.25) is 14.4 Å². The molecule has 3 aromatic carbocycles. The summed E-state index contributed by atoms with van der Waals surface area (Å²) >= 11 is 13.2. The lowest BCUT2D eigenvalue weighted by Crippen LogP contribution is -2.37. The highest BCUT2D eigenvalue weighted by Crippen LogP contribution is 2.35. The second kappa shape index (κ2) is 13.3. The van der Waals surface area contributed by atoms with E-state index < -0.39 is 5.91 Å². The van der Waals surface area contributed by atoms with E-state index in [4.69, 9.17) is 27.9 Å². The molecule has 2 N–H and O–H groups in total. The minimum absolute atomic E-state index is 0.0373. The van der Waals surface area contributed by atoms with Crippen molar-refractivity contribution in [1.82, 2.24) is 10.3 Å². The van der Waals surface area contributed by atoms with Crippen molar-refractivity contribution in [2.24, 2.45) is 5.92 Å². The Labute approximate surface area is 259 Å². The van der Waals surface area contributed by atoms with Crippen LogP contribution in [0.1, 0.15) is 29.7 Å². The zero-order valence-electron chi connectivity index (χ0n) is 23.7. The van der Waals surface area contributed by atoms with Crippen molar-refractivity contribution in [3.8, 4) is 5.75 Å². The number of carbonyl (C=O) groups excluding carboxylic acids is 3. The number of carbonyl (C=O) groups is 3. The van der Waals surface area contributed by atoms with Gasteiger partial charge in [-0.2, -0.15) is 0 Å². The minimum atomic E-state index is -0.428. The second-order valence-corrected chi connectivity index (χ2v) is 11.1. The molecule has 0 saturated heterocycles. The first-order chi connectivity index (χ1) is 20.7. The molecule has 1 aliphatic carbocycles. The summed E-state index contributed by atoms with van der Waals surface area (Å²) in [6.07, 6.45) is 4.85. The number of hydrogen-bond donors (Lipinski definition) is 2. The van der Waals surface area contributed by atoms with Gasteiger partial charge in [0.1, 0.15) is 17.9 Å². The van der Waals surface area contributed by atoms with Crippen molar-refractivity contribution in [2.75, 3.05) is 23.8 Å². The number of pyridine rings is 1. The van der Waals surface area contributed by atoms with Crippen LogP contribution >= 0.6 is 23.2 Å². The summed E-state index contributed by atoms with van der Waals surface area (Å²) in [7, 11) is 1.57. The molecule has 0 bridgehead atoms. The number of hydrogen-bond acceptors (Lipinski definition) is 5. The zero-order chi connectivity index (χ0) is 30.5. The van der Waals surface area contributed by atoms with Crippen molar-refractivity contribution in [3.63, 3.8) is 0 Å². The van der Waals surface area contributed by atoms with Gasteiger partial charge in [-0.15, -0.1) is 0 Å². The molecular weight excluding hydrogens is 587 g/mol. The number of aryl methyl sites for hydroxylation is 1. The van der Waals surface area contributed by atoms with Crippen LogP contribution in [0.15, 0.2) is 72.8 Å². The van der Waals surface area contributed by atoms with Gasteiger partial charge in [0.15, 0.2) is 0 Å². The molecule has 0 spiro atoms. The topological polar surface area (TPSA) is 101 Å². The molecule has 1 aliphatic rings. The maximum absolute atomic E-state index is 12.9. The number of amides is 3. The number of ether oxygens (including phenoxy) is 1. The Morgan fingerprint density at radius 3 is 2.53 bits per heavy atom. The standard InChI is InChI=1S/C33H30Cl2N4O4/c1-20-6-10-22-4-3-5-28(32(22)37-20)43-19-25-26(34)15-16-27(31(25)35)39(2)30(41)18-36-29(40)17-9-21-7-13-24(14-8-21)38-33(42)23-11-12-23/h3-10,13-17,23H,11-12,18-19H2,1-2H3,(H,36,40)(H,38,42)/b17-9+. The molecule has 8 nitrogen and oxygen atoms in total. The SMILES string of the molecule is Cc1ccc2cccc(OCc3c(Cl)ccc(N(C)C(=O)CNC(=O)/C=C/c4ccc(NC(=O)C5CC5)cc4)c3Cl)c2n1. The zero-order valence-corrected chi connectivity index (χ0v) is 25.2. The number of fused-ring (bicyclic) bond motifs is 1. The van der Waals surface area contributed by atoms with Gasteiger partial charge >= 0.3 is 0 Å². The summed E-state index contributed by atoms with van der Waals surface area (Å²) in [6.45, 7) is 1.74. The van der Waals surface area contributed by atoms with Crippen LogP contribution in [0.5, 0.6) is 5.75 Å². The third-order valence-electron chi connectivity index (χ3n) is 7.06. The lowest BCUT2D eigenvalue weighted by atomic mass is 10.1. The van der Waals surface area contributed by atoms with Gasteiger partial charge in [-0.25, -0.2) is 4.98 Å². The fourth-order valence-electron chi connectivity index (χ4n) is 4.37. The lowest BCUT2D eigenvalue weighted by molar-refractivity contribution is -0.122. The maximum atomic E-state index is 12.9. The van der Waals surface area contributed by atoms with Crippen LogP contribution < -0.4 is 20.3 Å². The van der Waals surface area contributed by atoms with Gasteiger partial charge in [0.25, 0.3) is 0 Å². The third kappa shape index (κ3) is 7.52. The number of nitrogens with one attached hydrogen (secondary N) is 2. The Morgan fingerprint density at radius 1 is 1.02 bits per heavy atom. The van der Waals surface area contributed by atoms with Crippen molar-refractivity contribution in [1.29, 1.82) is 0 Å². The highest BCUT2D eigenvalue weighted by molar-refractivity contribution is 6.38. The highest BCUT2D eigenvalue weighted by Gasteiger charge is 2.29. The molecule has 0 radical (unpaired) electrons. The van der Waals surface area contributed by atoms with E-state index in [1.807, 2.05) is 37.3 Å². The summed E-state index contributed by atoms with van der Waals surface area (Å²) in [5.74, 6) is -0.0457. The smallest absolute Gasteiger partial charge is 0.246 e. The molecule has 0 atom stereocenters. The Kier molecular flexibility index (Phi) is 9.28. The van der Waals surface area contributed by atoms with E-state index in [9.17, 15) is 14.4 Å². The van der Waals surface area contributed by atoms with E-state index in [-0.39, 0.29) is 35.9 Å². The molecule has 1 fully saturated rings. The summed E-state index contributed by atoms with van der Waals surface area (Å²) in [5.41, 5.74) is 4.05. The van der Waals surface area contributed by atoms with E-state index in [0.29, 0.717) is 27.7 Å². The first-order valence-corrected chi connectivity index (χ1v) is 14.5. The molecule has 220 valence electrons. The fraction of sp³-hybridized carbons (Fsp3) is 0.212. The predicted octanol–water partition coefficient (Wildman–Crippen LogP) is 6.57. The lowest BCUT2D eigenvalue weighted by Gasteiger charge is -2.21. The van der Waals surface area contributed by atoms with Gasteiger partial charge in [0.05, 0.1) is 17.3 Å². The minimum Gasteiger partial charge on any atom is -0.487 e. The van der Waals surface area contributed by atoms with Crippen LogP contribution in [-0.2, 0) is 21.0 Å². The average molecular weight is 618 g/mol. The normalized spacial score (nSPS) is 12.7. The first kappa shape index (κ1) is 30.1. The molecule has 1 aromatic heterocycles. The van der Waals surface area contributed by atoms with Gasteiger partial charge < -0.3 is 20.3 Å².